The Morgan fingerprint density at radius 1 is 1.45 bits per heavy atom. The number of anilines is 1. The van der Waals surface area contributed by atoms with Gasteiger partial charge in [0.05, 0.1) is 16.1 Å². The molecule has 0 spiro atoms. The van der Waals surface area contributed by atoms with Gasteiger partial charge in [-0.3, -0.25) is 4.79 Å². The Kier molecular flexibility index (Phi) is 3.70. The largest absolute Gasteiger partial charge is 0.398 e. The van der Waals surface area contributed by atoms with E-state index in [1.54, 1.807) is 13.0 Å². The Hall–Kier alpha value is -1.31. The van der Waals surface area contributed by atoms with Crippen molar-refractivity contribution < 1.29 is 13.2 Å². The summed E-state index contributed by atoms with van der Waals surface area (Å²) in [7, 11) is -3.84. The minimum absolute atomic E-state index is 0.0370. The van der Waals surface area contributed by atoms with Crippen LogP contribution in [0.1, 0.15) is 13.3 Å². The van der Waals surface area contributed by atoms with Crippen molar-refractivity contribution >= 4 is 33.2 Å². The number of carbonyl (C=O) groups excluding carboxylic acids is 1. The standard InChI is InChI=1S/C12H16ClN3O3S/c1-12(11(15)17)5-6-16(7-12)20(18,19)10-8(13)3-2-4-9(10)14/h2-4H,5-7,14H2,1H3,(H2,15,17). The van der Waals surface area contributed by atoms with Gasteiger partial charge in [-0.25, -0.2) is 8.42 Å². The molecule has 0 radical (unpaired) electrons. The van der Waals surface area contributed by atoms with Crippen LogP contribution >= 0.6 is 11.6 Å². The van der Waals surface area contributed by atoms with Crippen LogP contribution in [-0.2, 0) is 14.8 Å². The molecule has 1 saturated heterocycles. The molecule has 1 unspecified atom stereocenters. The first kappa shape index (κ1) is 15.1. The molecule has 0 aromatic heterocycles. The third kappa shape index (κ3) is 2.36. The number of nitrogen functional groups attached to an aromatic ring is 1. The maximum Gasteiger partial charge on any atom is 0.246 e. The van der Waals surface area contributed by atoms with E-state index in [1.807, 2.05) is 0 Å². The molecule has 2 rings (SSSR count). The summed E-state index contributed by atoms with van der Waals surface area (Å²) in [5.41, 5.74) is 10.3. The van der Waals surface area contributed by atoms with Gasteiger partial charge in [-0.05, 0) is 25.5 Å². The lowest BCUT2D eigenvalue weighted by molar-refractivity contribution is -0.126. The molecular formula is C12H16ClN3O3S. The molecule has 1 aromatic carbocycles. The van der Waals surface area contributed by atoms with E-state index in [0.29, 0.717) is 6.42 Å². The molecule has 0 aliphatic carbocycles. The summed E-state index contributed by atoms with van der Waals surface area (Å²) in [5, 5.41) is 0.0673. The predicted octanol–water partition coefficient (Wildman–Crippen LogP) is 0.808. The first-order valence-electron chi connectivity index (χ1n) is 6.02. The van der Waals surface area contributed by atoms with Gasteiger partial charge in [0, 0.05) is 13.1 Å². The van der Waals surface area contributed by atoms with Crippen molar-refractivity contribution in [2.45, 2.75) is 18.2 Å². The summed E-state index contributed by atoms with van der Waals surface area (Å²) in [6.07, 6.45) is 0.381. The first-order chi connectivity index (χ1) is 9.18. The maximum absolute atomic E-state index is 12.6. The van der Waals surface area contributed by atoms with Crippen molar-refractivity contribution in [1.82, 2.24) is 4.31 Å². The summed E-state index contributed by atoms with van der Waals surface area (Å²) in [5.74, 6) is -0.512. The number of sulfonamides is 1. The summed E-state index contributed by atoms with van der Waals surface area (Å²) >= 11 is 5.95. The molecule has 8 heteroatoms. The van der Waals surface area contributed by atoms with Crippen LogP contribution in [0, 0.1) is 5.41 Å². The molecule has 1 aromatic rings. The van der Waals surface area contributed by atoms with Gasteiger partial charge in [-0.15, -0.1) is 0 Å². The molecule has 110 valence electrons. The van der Waals surface area contributed by atoms with Crippen LogP contribution in [-0.4, -0.2) is 31.7 Å². The number of amides is 1. The zero-order valence-corrected chi connectivity index (χ0v) is 12.5. The van der Waals surface area contributed by atoms with Gasteiger partial charge < -0.3 is 11.5 Å². The van der Waals surface area contributed by atoms with Crippen LogP contribution in [0.15, 0.2) is 23.1 Å². The predicted molar refractivity (Wildman–Crippen MR) is 76.5 cm³/mol. The first-order valence-corrected chi connectivity index (χ1v) is 7.84. The van der Waals surface area contributed by atoms with Crippen molar-refractivity contribution in [3.05, 3.63) is 23.2 Å². The normalized spacial score (nSPS) is 23.9. The highest BCUT2D eigenvalue weighted by molar-refractivity contribution is 7.89. The molecule has 1 fully saturated rings. The van der Waals surface area contributed by atoms with Gasteiger partial charge in [0.2, 0.25) is 15.9 Å². The third-order valence-corrected chi connectivity index (χ3v) is 6.02. The minimum Gasteiger partial charge on any atom is -0.398 e. The van der Waals surface area contributed by atoms with Gasteiger partial charge >= 0.3 is 0 Å². The summed E-state index contributed by atoms with van der Waals surface area (Å²) in [6.45, 7) is 1.91. The molecule has 1 aliphatic rings. The Bertz CT molecular complexity index is 642. The number of nitrogens with zero attached hydrogens (tertiary/aromatic N) is 1. The minimum atomic E-state index is -3.84. The Balaban J connectivity index is 2.41. The van der Waals surface area contributed by atoms with Crippen molar-refractivity contribution in [2.75, 3.05) is 18.8 Å². The van der Waals surface area contributed by atoms with E-state index < -0.39 is 21.3 Å². The van der Waals surface area contributed by atoms with Crippen LogP contribution in [0.3, 0.4) is 0 Å². The fourth-order valence-electron chi connectivity index (χ4n) is 2.25. The van der Waals surface area contributed by atoms with E-state index in [4.69, 9.17) is 23.1 Å². The number of hydrogen-bond donors (Lipinski definition) is 2. The van der Waals surface area contributed by atoms with Gasteiger partial charge in [0.15, 0.2) is 0 Å². The zero-order valence-electron chi connectivity index (χ0n) is 11.0. The Morgan fingerprint density at radius 3 is 2.60 bits per heavy atom. The lowest BCUT2D eigenvalue weighted by atomic mass is 9.89. The Labute approximate surface area is 122 Å². The summed E-state index contributed by atoms with van der Waals surface area (Å²) in [6, 6.07) is 4.52. The molecule has 0 bridgehead atoms. The van der Waals surface area contributed by atoms with E-state index in [1.165, 1.54) is 16.4 Å². The van der Waals surface area contributed by atoms with Gasteiger partial charge in [0.25, 0.3) is 0 Å². The van der Waals surface area contributed by atoms with E-state index in [-0.39, 0.29) is 28.7 Å². The number of rotatable bonds is 3. The summed E-state index contributed by atoms with van der Waals surface area (Å²) < 4.78 is 26.4. The average molecular weight is 318 g/mol. The van der Waals surface area contributed by atoms with Crippen LogP contribution in [0.5, 0.6) is 0 Å². The molecule has 4 N–H and O–H groups in total. The van der Waals surface area contributed by atoms with Crippen molar-refractivity contribution in [3.8, 4) is 0 Å². The van der Waals surface area contributed by atoms with E-state index in [0.717, 1.165) is 0 Å². The van der Waals surface area contributed by atoms with Gasteiger partial charge in [-0.2, -0.15) is 4.31 Å². The Morgan fingerprint density at radius 2 is 2.10 bits per heavy atom. The molecule has 0 saturated carbocycles. The summed E-state index contributed by atoms with van der Waals surface area (Å²) in [4.78, 5) is 11.3. The molecular weight excluding hydrogens is 302 g/mol. The molecule has 1 atom stereocenters. The third-order valence-electron chi connectivity index (χ3n) is 3.63. The van der Waals surface area contributed by atoms with Crippen LogP contribution < -0.4 is 11.5 Å². The highest BCUT2D eigenvalue weighted by Gasteiger charge is 2.44. The number of halogens is 1. The zero-order chi connectivity index (χ0) is 15.1. The van der Waals surface area contributed by atoms with Crippen LogP contribution in [0.4, 0.5) is 5.69 Å². The molecule has 1 amide bonds. The van der Waals surface area contributed by atoms with Crippen LogP contribution in [0.25, 0.3) is 0 Å². The molecule has 1 aliphatic heterocycles. The highest BCUT2D eigenvalue weighted by Crippen LogP contribution is 2.36. The monoisotopic (exact) mass is 317 g/mol. The van der Waals surface area contributed by atoms with Crippen molar-refractivity contribution in [2.24, 2.45) is 11.1 Å². The number of hydrogen-bond acceptors (Lipinski definition) is 4. The fraction of sp³-hybridized carbons (Fsp3) is 0.417. The fourth-order valence-corrected chi connectivity index (χ4v) is 4.45. The second-order valence-electron chi connectivity index (χ2n) is 5.17. The lowest BCUT2D eigenvalue weighted by Gasteiger charge is -2.21. The van der Waals surface area contributed by atoms with E-state index in [9.17, 15) is 13.2 Å². The number of nitrogens with two attached hydrogens (primary N) is 2. The SMILES string of the molecule is CC1(C(N)=O)CCN(S(=O)(=O)c2c(N)cccc2Cl)C1. The van der Waals surface area contributed by atoms with Crippen molar-refractivity contribution in [3.63, 3.8) is 0 Å². The van der Waals surface area contributed by atoms with E-state index >= 15 is 0 Å². The number of benzene rings is 1. The highest BCUT2D eigenvalue weighted by atomic mass is 35.5. The van der Waals surface area contributed by atoms with Crippen molar-refractivity contribution in [1.29, 1.82) is 0 Å². The maximum atomic E-state index is 12.6. The van der Waals surface area contributed by atoms with E-state index in [2.05, 4.69) is 0 Å². The number of carbonyl (C=O) groups is 1. The second-order valence-corrected chi connectivity index (χ2v) is 7.45. The quantitative estimate of drug-likeness (QED) is 0.804. The van der Waals surface area contributed by atoms with Gasteiger partial charge in [-0.1, -0.05) is 17.7 Å². The topological polar surface area (TPSA) is 106 Å². The average Bonchev–Trinajstić information content (AvgIpc) is 2.73. The van der Waals surface area contributed by atoms with Crippen LogP contribution in [0.2, 0.25) is 5.02 Å². The smallest absolute Gasteiger partial charge is 0.246 e. The number of primary amides is 1. The second kappa shape index (κ2) is 4.91. The lowest BCUT2D eigenvalue weighted by Crippen LogP contribution is -2.38. The molecule has 6 nitrogen and oxygen atoms in total. The van der Waals surface area contributed by atoms with Gasteiger partial charge in [0.1, 0.15) is 4.90 Å². The molecule has 20 heavy (non-hydrogen) atoms. The molecule has 1 heterocycles.